The molecule has 0 aliphatic carbocycles. The molecule has 1 N–H and O–H groups in total. The van der Waals surface area contributed by atoms with Gasteiger partial charge < -0.3 is 5.32 Å². The van der Waals surface area contributed by atoms with Crippen LogP contribution in [0.3, 0.4) is 0 Å². The van der Waals surface area contributed by atoms with Crippen LogP contribution in [0.5, 0.6) is 0 Å². The van der Waals surface area contributed by atoms with Crippen molar-refractivity contribution in [3.8, 4) is 0 Å². The van der Waals surface area contributed by atoms with Crippen molar-refractivity contribution in [1.82, 2.24) is 0 Å². The second kappa shape index (κ2) is 6.83. The number of aryl methyl sites for hydroxylation is 1. The summed E-state index contributed by atoms with van der Waals surface area (Å²) in [6.45, 7) is 5.70. The molecule has 1 atom stereocenters. The molecule has 1 aromatic rings. The second-order valence-corrected chi connectivity index (χ2v) is 5.07. The van der Waals surface area contributed by atoms with E-state index in [1.54, 1.807) is 6.07 Å². The Kier molecular flexibility index (Phi) is 5.70. The number of halogens is 3. The zero-order valence-electron chi connectivity index (χ0n) is 11.8. The lowest BCUT2D eigenvalue weighted by atomic mass is 10.1. The van der Waals surface area contributed by atoms with Crippen LogP contribution in [-0.2, 0) is 6.18 Å². The molecule has 0 spiro atoms. The van der Waals surface area contributed by atoms with Gasteiger partial charge in [0.1, 0.15) is 0 Å². The van der Waals surface area contributed by atoms with E-state index >= 15 is 0 Å². The van der Waals surface area contributed by atoms with E-state index in [0.717, 1.165) is 24.6 Å². The van der Waals surface area contributed by atoms with Crippen LogP contribution in [0, 0.1) is 6.92 Å². The molecule has 0 bridgehead atoms. The predicted octanol–water partition coefficient (Wildman–Crippen LogP) is 5.39. The summed E-state index contributed by atoms with van der Waals surface area (Å²) in [5.41, 5.74) is 0.462. The first-order valence-electron chi connectivity index (χ1n) is 6.79. The molecule has 1 rings (SSSR count). The Hall–Kier alpha value is -1.19. The summed E-state index contributed by atoms with van der Waals surface area (Å²) < 4.78 is 37.9. The third-order valence-corrected chi connectivity index (χ3v) is 3.19. The Morgan fingerprint density at radius 3 is 2.42 bits per heavy atom. The topological polar surface area (TPSA) is 12.0 Å². The number of unbranched alkanes of at least 4 members (excludes halogenated alkanes) is 2. The minimum absolute atomic E-state index is 0.262. The third-order valence-electron chi connectivity index (χ3n) is 3.19. The summed E-state index contributed by atoms with van der Waals surface area (Å²) >= 11 is 0. The average Bonchev–Trinajstić information content (AvgIpc) is 2.27. The zero-order valence-corrected chi connectivity index (χ0v) is 11.8. The molecular formula is C15H22F3N. The Morgan fingerprint density at radius 1 is 1.21 bits per heavy atom. The highest BCUT2D eigenvalue weighted by molar-refractivity contribution is 5.49. The van der Waals surface area contributed by atoms with E-state index in [-0.39, 0.29) is 11.6 Å². The normalized spacial score (nSPS) is 13.4. The molecule has 0 fully saturated rings. The molecule has 1 unspecified atom stereocenters. The molecule has 0 saturated heterocycles. The van der Waals surface area contributed by atoms with Crippen LogP contribution in [0.4, 0.5) is 18.9 Å². The fourth-order valence-corrected chi connectivity index (χ4v) is 2.13. The fourth-order valence-electron chi connectivity index (χ4n) is 2.13. The lowest BCUT2D eigenvalue weighted by Gasteiger charge is -2.17. The van der Waals surface area contributed by atoms with Gasteiger partial charge in [-0.15, -0.1) is 0 Å². The van der Waals surface area contributed by atoms with Gasteiger partial charge in [0.15, 0.2) is 0 Å². The van der Waals surface area contributed by atoms with Gasteiger partial charge in [-0.2, -0.15) is 13.2 Å². The van der Waals surface area contributed by atoms with Gasteiger partial charge in [0.2, 0.25) is 0 Å². The first kappa shape index (κ1) is 15.9. The van der Waals surface area contributed by atoms with Crippen molar-refractivity contribution in [2.45, 2.75) is 58.7 Å². The Morgan fingerprint density at radius 2 is 1.89 bits per heavy atom. The summed E-state index contributed by atoms with van der Waals surface area (Å²) in [5.74, 6) is 0. The number of anilines is 1. The molecule has 4 heteroatoms. The van der Waals surface area contributed by atoms with E-state index in [1.807, 2.05) is 0 Å². The summed E-state index contributed by atoms with van der Waals surface area (Å²) in [5, 5.41) is 3.25. The summed E-state index contributed by atoms with van der Waals surface area (Å²) in [4.78, 5) is 0. The van der Waals surface area contributed by atoms with E-state index in [2.05, 4.69) is 19.2 Å². The lowest BCUT2D eigenvalue weighted by Crippen LogP contribution is -2.15. The minimum atomic E-state index is -4.27. The van der Waals surface area contributed by atoms with Crippen molar-refractivity contribution in [1.29, 1.82) is 0 Å². The van der Waals surface area contributed by atoms with E-state index < -0.39 is 11.7 Å². The van der Waals surface area contributed by atoms with E-state index in [1.165, 1.54) is 25.8 Å². The quantitative estimate of drug-likeness (QED) is 0.685. The van der Waals surface area contributed by atoms with Crippen molar-refractivity contribution < 1.29 is 13.2 Å². The molecule has 19 heavy (non-hydrogen) atoms. The summed E-state index contributed by atoms with van der Waals surface area (Å²) in [7, 11) is 0. The van der Waals surface area contributed by atoms with Gasteiger partial charge in [0.25, 0.3) is 0 Å². The van der Waals surface area contributed by atoms with E-state index in [9.17, 15) is 13.2 Å². The maximum absolute atomic E-state index is 12.6. The first-order chi connectivity index (χ1) is 8.84. The molecule has 0 aliphatic rings. The summed E-state index contributed by atoms with van der Waals surface area (Å²) in [6.07, 6.45) is 0.276. The number of nitrogens with one attached hydrogen (secondary N) is 1. The first-order valence-corrected chi connectivity index (χ1v) is 6.79. The van der Waals surface area contributed by atoms with Crippen molar-refractivity contribution in [2.24, 2.45) is 0 Å². The van der Waals surface area contributed by atoms with Crippen molar-refractivity contribution in [3.05, 3.63) is 29.3 Å². The van der Waals surface area contributed by atoms with Crippen LogP contribution in [0.2, 0.25) is 0 Å². The number of hydrogen-bond donors (Lipinski definition) is 1. The van der Waals surface area contributed by atoms with Gasteiger partial charge in [-0.05, 0) is 44.0 Å². The molecule has 0 saturated carbocycles. The standard InChI is InChI=1S/C15H22F3N/c1-4-5-6-7-12(3)19-13-8-9-14(11(2)10-13)15(16,17)18/h8-10,12,19H,4-7H2,1-3H3. The molecule has 0 radical (unpaired) electrons. The Balaban J connectivity index is 2.63. The third kappa shape index (κ3) is 5.13. The Labute approximate surface area is 113 Å². The highest BCUT2D eigenvalue weighted by Crippen LogP contribution is 2.33. The van der Waals surface area contributed by atoms with Gasteiger partial charge >= 0.3 is 6.18 Å². The van der Waals surface area contributed by atoms with Crippen molar-refractivity contribution in [3.63, 3.8) is 0 Å². The highest BCUT2D eigenvalue weighted by atomic mass is 19.4. The zero-order chi connectivity index (χ0) is 14.5. The lowest BCUT2D eigenvalue weighted by molar-refractivity contribution is -0.138. The molecule has 1 aromatic carbocycles. The van der Waals surface area contributed by atoms with Gasteiger partial charge in [-0.3, -0.25) is 0 Å². The largest absolute Gasteiger partial charge is 0.416 e. The second-order valence-electron chi connectivity index (χ2n) is 5.07. The highest BCUT2D eigenvalue weighted by Gasteiger charge is 2.32. The van der Waals surface area contributed by atoms with Gasteiger partial charge in [0, 0.05) is 11.7 Å². The van der Waals surface area contributed by atoms with E-state index in [0.29, 0.717) is 0 Å². The number of benzene rings is 1. The average molecular weight is 273 g/mol. The fraction of sp³-hybridized carbons (Fsp3) is 0.600. The van der Waals surface area contributed by atoms with Crippen molar-refractivity contribution >= 4 is 5.69 Å². The van der Waals surface area contributed by atoms with E-state index in [4.69, 9.17) is 0 Å². The van der Waals surface area contributed by atoms with Crippen LogP contribution in [0.25, 0.3) is 0 Å². The number of alkyl halides is 3. The van der Waals surface area contributed by atoms with Crippen LogP contribution >= 0.6 is 0 Å². The van der Waals surface area contributed by atoms with Crippen molar-refractivity contribution in [2.75, 3.05) is 5.32 Å². The monoisotopic (exact) mass is 273 g/mol. The molecule has 0 amide bonds. The molecule has 0 aromatic heterocycles. The number of rotatable bonds is 6. The van der Waals surface area contributed by atoms with Gasteiger partial charge in [-0.25, -0.2) is 0 Å². The number of hydrogen-bond acceptors (Lipinski definition) is 1. The van der Waals surface area contributed by atoms with Crippen LogP contribution in [-0.4, -0.2) is 6.04 Å². The van der Waals surface area contributed by atoms with Crippen LogP contribution in [0.1, 0.15) is 50.7 Å². The van der Waals surface area contributed by atoms with Gasteiger partial charge in [0.05, 0.1) is 5.56 Å². The molecule has 0 aliphatic heterocycles. The molecule has 1 nitrogen and oxygen atoms in total. The molecule has 0 heterocycles. The minimum Gasteiger partial charge on any atom is -0.383 e. The maximum atomic E-state index is 12.6. The van der Waals surface area contributed by atoms with Gasteiger partial charge in [-0.1, -0.05) is 26.2 Å². The smallest absolute Gasteiger partial charge is 0.383 e. The van der Waals surface area contributed by atoms with Crippen LogP contribution < -0.4 is 5.32 Å². The van der Waals surface area contributed by atoms with Crippen LogP contribution in [0.15, 0.2) is 18.2 Å². The Bertz CT molecular complexity index is 399. The molecule has 108 valence electrons. The maximum Gasteiger partial charge on any atom is 0.416 e. The SMILES string of the molecule is CCCCCC(C)Nc1ccc(C(F)(F)F)c(C)c1. The summed E-state index contributed by atoms with van der Waals surface area (Å²) in [6, 6.07) is 4.50. The predicted molar refractivity (Wildman–Crippen MR) is 73.4 cm³/mol. The molecular weight excluding hydrogens is 251 g/mol.